The fourth-order valence-electron chi connectivity index (χ4n) is 5.17. The Morgan fingerprint density at radius 3 is 2.59 bits per heavy atom. The van der Waals surface area contributed by atoms with Crippen molar-refractivity contribution in [3.63, 3.8) is 0 Å². The molecule has 10 heteroatoms. The van der Waals surface area contributed by atoms with Crippen molar-refractivity contribution < 1.29 is 23.6 Å². The first-order chi connectivity index (χ1) is 18.6. The van der Waals surface area contributed by atoms with E-state index in [1.807, 2.05) is 26.0 Å². The molecule has 1 aromatic carbocycles. The third-order valence-corrected chi connectivity index (χ3v) is 7.44. The number of amides is 1. The van der Waals surface area contributed by atoms with Crippen LogP contribution >= 0.6 is 0 Å². The van der Waals surface area contributed by atoms with Gasteiger partial charge in [0.15, 0.2) is 23.3 Å². The monoisotopic (exact) mass is 539 g/mol. The number of carbonyl (C=O) groups excluding carboxylic acids is 4. The predicted molar refractivity (Wildman–Crippen MR) is 148 cm³/mol. The van der Waals surface area contributed by atoms with Crippen molar-refractivity contribution in [3.8, 4) is 0 Å². The van der Waals surface area contributed by atoms with Gasteiger partial charge in [0.1, 0.15) is 6.67 Å². The number of pyridine rings is 1. The first kappa shape index (κ1) is 29.9. The van der Waals surface area contributed by atoms with Gasteiger partial charge in [-0.15, -0.1) is 0 Å². The molecule has 3 rings (SSSR count). The number of benzene rings is 1. The van der Waals surface area contributed by atoms with Crippen molar-refractivity contribution in [2.24, 2.45) is 34.2 Å². The minimum absolute atomic E-state index is 0.0260. The highest BCUT2D eigenvalue weighted by molar-refractivity contribution is 6.02. The van der Waals surface area contributed by atoms with Gasteiger partial charge in [-0.25, -0.2) is 4.39 Å². The fourth-order valence-corrected chi connectivity index (χ4v) is 5.17. The highest BCUT2D eigenvalue weighted by atomic mass is 19.1. The number of guanidine groups is 1. The summed E-state index contributed by atoms with van der Waals surface area (Å²) in [4.78, 5) is 61.9. The number of aliphatic imine (C=N–C) groups is 1. The van der Waals surface area contributed by atoms with E-state index in [-0.39, 0.29) is 55.2 Å². The lowest BCUT2D eigenvalue weighted by Gasteiger charge is -2.30. The molecule has 1 amide bonds. The summed E-state index contributed by atoms with van der Waals surface area (Å²) < 4.78 is 13.2. The molecule has 1 fully saturated rings. The number of aromatic nitrogens is 1. The van der Waals surface area contributed by atoms with Gasteiger partial charge in [-0.3, -0.25) is 29.2 Å². The van der Waals surface area contributed by atoms with E-state index in [4.69, 9.17) is 11.5 Å². The van der Waals surface area contributed by atoms with E-state index < -0.39 is 30.3 Å². The lowest BCUT2D eigenvalue weighted by molar-refractivity contribution is -0.142. The number of alkyl halides is 1. The van der Waals surface area contributed by atoms with Crippen molar-refractivity contribution in [1.29, 1.82) is 0 Å². The second kappa shape index (κ2) is 13.9. The number of ketones is 3. The van der Waals surface area contributed by atoms with Crippen molar-refractivity contribution >= 4 is 40.0 Å². The molecule has 210 valence electrons. The number of hydrogen-bond acceptors (Lipinski definition) is 6. The van der Waals surface area contributed by atoms with Gasteiger partial charge in [0.25, 0.3) is 0 Å². The molecule has 0 aliphatic carbocycles. The van der Waals surface area contributed by atoms with Gasteiger partial charge >= 0.3 is 0 Å². The molecule has 1 saturated heterocycles. The largest absolute Gasteiger partial charge is 0.370 e. The van der Waals surface area contributed by atoms with Crippen LogP contribution in [0.5, 0.6) is 0 Å². The van der Waals surface area contributed by atoms with Crippen LogP contribution in [0.4, 0.5) is 4.39 Å². The normalized spacial score (nSPS) is 16.7. The van der Waals surface area contributed by atoms with Crippen LogP contribution in [0.25, 0.3) is 10.8 Å². The van der Waals surface area contributed by atoms with Crippen LogP contribution in [0.2, 0.25) is 0 Å². The van der Waals surface area contributed by atoms with Crippen LogP contribution in [0, 0.1) is 17.8 Å². The number of halogens is 1. The minimum atomic E-state index is -1.16. The Morgan fingerprint density at radius 1 is 1.13 bits per heavy atom. The Hall–Kier alpha value is -3.69. The molecule has 0 bridgehead atoms. The van der Waals surface area contributed by atoms with E-state index in [1.54, 1.807) is 29.4 Å². The molecule has 0 saturated carbocycles. The lowest BCUT2D eigenvalue weighted by atomic mass is 9.86. The van der Waals surface area contributed by atoms with Crippen LogP contribution < -0.4 is 11.5 Å². The van der Waals surface area contributed by atoms with Crippen molar-refractivity contribution in [1.82, 2.24) is 9.88 Å². The Kier molecular flexibility index (Phi) is 10.7. The maximum absolute atomic E-state index is 13.7. The van der Waals surface area contributed by atoms with Gasteiger partial charge in [0.05, 0.1) is 6.04 Å². The van der Waals surface area contributed by atoms with E-state index in [1.165, 1.54) is 0 Å². The topological polar surface area (TPSA) is 149 Å². The number of likely N-dealkylation sites (tertiary alicyclic amines) is 1. The minimum Gasteiger partial charge on any atom is -0.370 e. The number of nitrogens with two attached hydrogens (primary N) is 2. The van der Waals surface area contributed by atoms with E-state index in [0.717, 1.165) is 10.8 Å². The molecule has 2 heterocycles. The molecule has 1 aliphatic heterocycles. The zero-order valence-electron chi connectivity index (χ0n) is 22.6. The standard InChI is InChI=1S/C29H38FN5O4/c1-18(2)23(15-25(36)21-7-8-22-17-33-11-9-19(22)13-21)28(39)35-12-4-6-24(35)26(37)14-20(27(38)16-30)5-3-10-34-29(31)32/h7-9,11,13,17-18,20,23-24H,3-6,10,12,14-16H2,1-2H3,(H4,31,32,34)/t20-,23+,24+/m1/s1. The van der Waals surface area contributed by atoms with Gasteiger partial charge in [-0.2, -0.15) is 0 Å². The summed E-state index contributed by atoms with van der Waals surface area (Å²) in [6.07, 6.45) is 5.10. The summed E-state index contributed by atoms with van der Waals surface area (Å²) in [5.74, 6) is -2.86. The molecule has 39 heavy (non-hydrogen) atoms. The van der Waals surface area contributed by atoms with Crippen molar-refractivity contribution in [2.45, 2.75) is 58.4 Å². The van der Waals surface area contributed by atoms with Crippen LogP contribution in [0.15, 0.2) is 41.7 Å². The molecular weight excluding hydrogens is 501 g/mol. The Labute approximate surface area is 228 Å². The average molecular weight is 540 g/mol. The quantitative estimate of drug-likeness (QED) is 0.162. The zero-order valence-corrected chi connectivity index (χ0v) is 22.6. The van der Waals surface area contributed by atoms with Crippen LogP contribution in [0.3, 0.4) is 0 Å². The average Bonchev–Trinajstić information content (AvgIpc) is 3.42. The Bertz CT molecular complexity index is 1230. The van der Waals surface area contributed by atoms with Crippen molar-refractivity contribution in [3.05, 3.63) is 42.2 Å². The first-order valence-corrected chi connectivity index (χ1v) is 13.5. The second-order valence-corrected chi connectivity index (χ2v) is 10.5. The van der Waals surface area contributed by atoms with E-state index in [2.05, 4.69) is 9.98 Å². The fraction of sp³-hybridized carbons (Fsp3) is 0.517. The predicted octanol–water partition coefficient (Wildman–Crippen LogP) is 3.24. The molecule has 9 nitrogen and oxygen atoms in total. The summed E-state index contributed by atoms with van der Waals surface area (Å²) >= 11 is 0. The third kappa shape index (κ3) is 7.91. The molecule has 4 N–H and O–H groups in total. The molecule has 0 radical (unpaired) electrons. The lowest BCUT2D eigenvalue weighted by Crippen LogP contribution is -2.45. The van der Waals surface area contributed by atoms with Crippen LogP contribution in [0.1, 0.15) is 62.7 Å². The maximum Gasteiger partial charge on any atom is 0.227 e. The molecular formula is C29H38FN5O4. The van der Waals surface area contributed by atoms with Crippen LogP contribution in [-0.4, -0.2) is 64.9 Å². The van der Waals surface area contributed by atoms with Crippen LogP contribution in [-0.2, 0) is 14.4 Å². The molecule has 0 unspecified atom stereocenters. The van der Waals surface area contributed by atoms with E-state index in [9.17, 15) is 23.6 Å². The van der Waals surface area contributed by atoms with Crippen molar-refractivity contribution in [2.75, 3.05) is 19.8 Å². The van der Waals surface area contributed by atoms with Gasteiger partial charge in [-0.1, -0.05) is 26.0 Å². The molecule has 2 aromatic rings. The number of fused-ring (bicyclic) bond motifs is 1. The Balaban J connectivity index is 1.69. The Morgan fingerprint density at radius 2 is 1.90 bits per heavy atom. The summed E-state index contributed by atoms with van der Waals surface area (Å²) in [6.45, 7) is 3.31. The summed E-state index contributed by atoms with van der Waals surface area (Å²) in [6, 6.07) is 6.53. The third-order valence-electron chi connectivity index (χ3n) is 7.44. The zero-order chi connectivity index (χ0) is 28.5. The van der Waals surface area contributed by atoms with Gasteiger partial charge in [0.2, 0.25) is 5.91 Å². The van der Waals surface area contributed by atoms with Gasteiger partial charge < -0.3 is 16.4 Å². The first-order valence-electron chi connectivity index (χ1n) is 13.5. The molecule has 3 atom stereocenters. The number of hydrogen-bond donors (Lipinski definition) is 2. The maximum atomic E-state index is 13.7. The highest BCUT2D eigenvalue weighted by Crippen LogP contribution is 2.29. The van der Waals surface area contributed by atoms with E-state index >= 15 is 0 Å². The number of nitrogens with zero attached hydrogens (tertiary/aromatic N) is 3. The van der Waals surface area contributed by atoms with Gasteiger partial charge in [-0.05, 0) is 49.1 Å². The molecule has 1 aliphatic rings. The van der Waals surface area contributed by atoms with Gasteiger partial charge in [0, 0.05) is 61.1 Å². The molecule has 0 spiro atoms. The number of rotatable bonds is 14. The smallest absolute Gasteiger partial charge is 0.227 e. The number of Topliss-reactive ketones (excluding diaryl/α,β-unsaturated/α-hetero) is 3. The summed E-state index contributed by atoms with van der Waals surface area (Å²) in [7, 11) is 0. The van der Waals surface area contributed by atoms with E-state index in [0.29, 0.717) is 31.4 Å². The SMILES string of the molecule is CC(C)[C@H](CC(=O)c1ccc2cnccc2c1)C(=O)N1CCC[C@H]1C(=O)C[C@@H](CCCN=C(N)N)C(=O)CF. The number of carbonyl (C=O) groups is 4. The summed E-state index contributed by atoms with van der Waals surface area (Å²) in [5.41, 5.74) is 11.2. The second-order valence-electron chi connectivity index (χ2n) is 10.5. The highest BCUT2D eigenvalue weighted by Gasteiger charge is 2.39. The molecule has 1 aromatic heterocycles. The summed E-state index contributed by atoms with van der Waals surface area (Å²) in [5, 5.41) is 1.81.